The van der Waals surface area contributed by atoms with Crippen LogP contribution in [0, 0.1) is 5.41 Å². The molecule has 0 aromatic carbocycles. The fraction of sp³-hybridized carbons (Fsp3) is 0.500. The number of aliphatic hydroxyl groups is 1. The van der Waals surface area contributed by atoms with E-state index in [1.165, 1.54) is 4.68 Å². The number of rotatable bonds is 3. The molecule has 1 atom stereocenters. The predicted octanol–water partition coefficient (Wildman–Crippen LogP) is -0.554. The maximum Gasteiger partial charge on any atom is 2.00 e. The van der Waals surface area contributed by atoms with E-state index in [1.807, 2.05) is 6.07 Å². The van der Waals surface area contributed by atoms with Crippen molar-refractivity contribution in [3.63, 3.8) is 0 Å². The molecule has 3 aliphatic rings. The van der Waals surface area contributed by atoms with Gasteiger partial charge in [0.1, 0.15) is 17.8 Å². The minimum absolute atomic E-state index is 0. The van der Waals surface area contributed by atoms with Crippen molar-refractivity contribution in [2.24, 2.45) is 5.41 Å². The van der Waals surface area contributed by atoms with Crippen molar-refractivity contribution in [2.45, 2.75) is 19.1 Å². The van der Waals surface area contributed by atoms with Crippen molar-refractivity contribution in [2.75, 3.05) is 36.2 Å². The largest absolute Gasteiger partial charge is 2.00 e. The van der Waals surface area contributed by atoms with Gasteiger partial charge in [0, 0.05) is 44.0 Å². The number of aromatic nitrogens is 5. The average Bonchev–Trinajstić information content (AvgIpc) is 3.30. The molecule has 2 N–H and O–H groups in total. The molecule has 5 heterocycles. The van der Waals surface area contributed by atoms with Gasteiger partial charge in [0.25, 0.3) is 0 Å². The molecule has 0 amide bonds. The summed E-state index contributed by atoms with van der Waals surface area (Å²) in [6, 6.07) is 1.92. The number of hydrazine groups is 1. The number of nitrogens with one attached hydrogen (secondary N) is 1. The maximum atomic E-state index is 10.2. The van der Waals surface area contributed by atoms with Crippen LogP contribution in [0.1, 0.15) is 12.8 Å². The Kier molecular flexibility index (Phi) is 5.19. The molecule has 0 saturated carbocycles. The first kappa shape index (κ1) is 18.8. The zero-order valence-corrected chi connectivity index (χ0v) is 17.2. The zero-order valence-electron chi connectivity index (χ0n) is 15.2. The number of hydrogen-bond acceptors (Lipinski definition) is 9. The molecule has 9 radical (unpaired) electrons. The van der Waals surface area contributed by atoms with Gasteiger partial charge in [0.2, 0.25) is 0 Å². The average molecular weight is 379 g/mol. The number of aliphatic hydroxyl groups excluding tert-OH is 1. The first-order valence-electron chi connectivity index (χ1n) is 8.69. The predicted molar refractivity (Wildman–Crippen MR) is 98.4 cm³/mol. The van der Waals surface area contributed by atoms with E-state index in [0.717, 1.165) is 45.0 Å². The summed E-state index contributed by atoms with van der Waals surface area (Å²) < 4.78 is 7.00. The molecular formula is C16H20N8NaO2+2. The van der Waals surface area contributed by atoms with Crippen LogP contribution in [0.4, 0.5) is 11.6 Å². The molecule has 0 bridgehead atoms. The summed E-state index contributed by atoms with van der Waals surface area (Å²) in [7, 11) is 0. The second kappa shape index (κ2) is 7.46. The Balaban J connectivity index is 0.00000180. The molecular weight excluding hydrogens is 359 g/mol. The van der Waals surface area contributed by atoms with E-state index >= 15 is 0 Å². The van der Waals surface area contributed by atoms with E-state index < -0.39 is 6.23 Å². The second-order valence-electron chi connectivity index (χ2n) is 7.01. The smallest absolute Gasteiger partial charge is 0.381 e. The topological polar surface area (TPSA) is 104 Å². The molecule has 10 nitrogen and oxygen atoms in total. The summed E-state index contributed by atoms with van der Waals surface area (Å²) in [6.45, 7) is 3.72. The third kappa shape index (κ3) is 3.48. The fourth-order valence-electron chi connectivity index (χ4n) is 3.79. The molecule has 5 rings (SSSR count). The van der Waals surface area contributed by atoms with E-state index in [1.54, 1.807) is 29.9 Å². The minimum Gasteiger partial charge on any atom is -0.381 e. The molecule has 1 unspecified atom stereocenters. The normalized spacial score (nSPS) is 23.7. The van der Waals surface area contributed by atoms with E-state index in [0.29, 0.717) is 16.9 Å². The number of anilines is 2. The Bertz CT molecular complexity index is 816. The van der Waals surface area contributed by atoms with Gasteiger partial charge in [-0.25, -0.2) is 14.6 Å². The van der Waals surface area contributed by atoms with Crippen molar-refractivity contribution in [1.82, 2.24) is 30.4 Å². The van der Waals surface area contributed by atoms with Crippen LogP contribution in [-0.2, 0) is 4.74 Å². The van der Waals surface area contributed by atoms with Crippen LogP contribution in [0.5, 0.6) is 0 Å². The molecule has 135 valence electrons. The molecule has 2 aromatic rings. The molecule has 0 aliphatic carbocycles. The molecule has 2 saturated heterocycles. The molecule has 1 spiro atoms. The summed E-state index contributed by atoms with van der Waals surface area (Å²) >= 11 is 0. The van der Waals surface area contributed by atoms with Gasteiger partial charge in [0.15, 0.2) is 12.0 Å². The third-order valence-corrected chi connectivity index (χ3v) is 5.30. The van der Waals surface area contributed by atoms with E-state index in [9.17, 15) is 5.11 Å². The van der Waals surface area contributed by atoms with Gasteiger partial charge in [-0.05, 0) is 12.8 Å². The number of hydrogen-bond donors (Lipinski definition) is 2. The summed E-state index contributed by atoms with van der Waals surface area (Å²) in [5, 5.41) is 19.6. The van der Waals surface area contributed by atoms with Crippen molar-refractivity contribution >= 4 is 46.9 Å². The van der Waals surface area contributed by atoms with Crippen LogP contribution in [0.25, 0.3) is 5.70 Å². The Morgan fingerprint density at radius 2 is 1.96 bits per heavy atom. The summed E-state index contributed by atoms with van der Waals surface area (Å²) in [6.07, 6.45) is 7.89. The van der Waals surface area contributed by atoms with Gasteiger partial charge in [-0.2, -0.15) is 5.43 Å². The third-order valence-electron chi connectivity index (χ3n) is 5.30. The molecule has 2 fully saturated rings. The summed E-state index contributed by atoms with van der Waals surface area (Å²) in [5.41, 5.74) is 3.91. The van der Waals surface area contributed by atoms with Crippen LogP contribution in [0.2, 0.25) is 0 Å². The van der Waals surface area contributed by atoms with Gasteiger partial charge in [-0.3, -0.25) is 5.01 Å². The maximum absolute atomic E-state index is 10.2. The Morgan fingerprint density at radius 1 is 1.19 bits per heavy atom. The summed E-state index contributed by atoms with van der Waals surface area (Å²) in [5.74, 6) is 1.56. The van der Waals surface area contributed by atoms with Gasteiger partial charge in [0.05, 0.1) is 12.4 Å². The SMILES string of the molecule is OC1NN(c2cc(N3CC4(CCOCC4)C3)ncn2)C=C1n1ccnn1.[Na+2]. The van der Waals surface area contributed by atoms with Crippen molar-refractivity contribution < 1.29 is 9.84 Å². The van der Waals surface area contributed by atoms with Crippen LogP contribution in [0.15, 0.2) is 31.0 Å². The Morgan fingerprint density at radius 3 is 2.70 bits per heavy atom. The number of ether oxygens (including phenoxy) is 1. The molecule has 11 heteroatoms. The van der Waals surface area contributed by atoms with E-state index in [-0.39, 0.29) is 29.6 Å². The van der Waals surface area contributed by atoms with Gasteiger partial charge in [-0.15, -0.1) is 5.10 Å². The van der Waals surface area contributed by atoms with Crippen molar-refractivity contribution in [3.05, 3.63) is 31.0 Å². The van der Waals surface area contributed by atoms with Crippen LogP contribution >= 0.6 is 0 Å². The van der Waals surface area contributed by atoms with Crippen LogP contribution in [-0.4, -0.2) is 92.2 Å². The quantitative estimate of drug-likeness (QED) is 0.680. The van der Waals surface area contributed by atoms with Crippen molar-refractivity contribution in [1.29, 1.82) is 0 Å². The zero-order chi connectivity index (χ0) is 17.6. The second-order valence-corrected chi connectivity index (χ2v) is 7.01. The first-order chi connectivity index (χ1) is 12.7. The molecule has 2 aromatic heterocycles. The number of nitrogens with zero attached hydrogens (tertiary/aromatic N) is 7. The van der Waals surface area contributed by atoms with E-state index in [2.05, 4.69) is 30.6 Å². The van der Waals surface area contributed by atoms with Gasteiger partial charge < -0.3 is 14.7 Å². The Labute approximate surface area is 178 Å². The van der Waals surface area contributed by atoms with E-state index in [4.69, 9.17) is 4.74 Å². The monoisotopic (exact) mass is 379 g/mol. The van der Waals surface area contributed by atoms with Gasteiger partial charge in [-0.1, -0.05) is 5.21 Å². The van der Waals surface area contributed by atoms with Crippen molar-refractivity contribution in [3.8, 4) is 0 Å². The standard InChI is InChI=1S/C16H20N8O2.Na/c25-15-12(23-4-3-19-21-23)8-24(20-15)14-7-13(17-11-18-14)22-9-16(10-22)1-5-26-6-2-16;/h3-4,7-8,11,15,20,25H,1-2,5-6,9-10H2;/q;+2. The fourth-order valence-corrected chi connectivity index (χ4v) is 3.79. The molecule has 3 aliphatic heterocycles. The van der Waals surface area contributed by atoms with Crippen LogP contribution < -0.4 is 15.3 Å². The molecule has 27 heavy (non-hydrogen) atoms. The van der Waals surface area contributed by atoms with Gasteiger partial charge >= 0.3 is 29.6 Å². The van der Waals surface area contributed by atoms with Crippen LogP contribution in [0.3, 0.4) is 0 Å². The summed E-state index contributed by atoms with van der Waals surface area (Å²) in [4.78, 5) is 11.0. The minimum atomic E-state index is -0.885. The Hall–Kier alpha value is -1.56. The first-order valence-corrected chi connectivity index (χ1v) is 8.69.